The number of likely N-dealkylation sites (N-methyl/N-ethyl adjacent to an activating group) is 1. The molecule has 1 aromatic heterocycles. The predicted octanol–water partition coefficient (Wildman–Crippen LogP) is 2.06. The van der Waals surface area contributed by atoms with E-state index >= 15 is 0 Å². The molecule has 1 unspecified atom stereocenters. The normalized spacial score (nSPS) is 12.7. The van der Waals surface area contributed by atoms with Gasteiger partial charge in [0.1, 0.15) is 5.76 Å². The number of nitrogens with zero attached hydrogens (tertiary/aromatic N) is 1. The molecule has 1 atom stereocenters. The first-order valence-corrected chi connectivity index (χ1v) is 6.52. The van der Waals surface area contributed by atoms with Crippen LogP contribution in [0.3, 0.4) is 0 Å². The molecule has 0 aliphatic heterocycles. The number of nitrogens with one attached hydrogen (secondary N) is 1. The third-order valence-electron chi connectivity index (χ3n) is 3.17. The van der Waals surface area contributed by atoms with Gasteiger partial charge in [0.05, 0.1) is 12.8 Å². The smallest absolute Gasteiger partial charge is 0.236 e. The lowest BCUT2D eigenvalue weighted by molar-refractivity contribution is -0.130. The van der Waals surface area contributed by atoms with Crippen molar-refractivity contribution in [3.05, 3.63) is 24.2 Å². The minimum absolute atomic E-state index is 0.134. The first kappa shape index (κ1) is 14.8. The average molecular weight is 252 g/mol. The molecule has 1 aromatic rings. The fourth-order valence-electron chi connectivity index (χ4n) is 1.59. The molecule has 4 nitrogen and oxygen atoms in total. The SMILES string of the molecule is CC(CCc1ccco1)NCC(=O)N(C)C(C)C. The van der Waals surface area contributed by atoms with Crippen LogP contribution in [0, 0.1) is 0 Å². The Morgan fingerprint density at radius 2 is 2.17 bits per heavy atom. The second kappa shape index (κ2) is 7.21. The van der Waals surface area contributed by atoms with Crippen LogP contribution in [0.15, 0.2) is 22.8 Å². The number of hydrogen-bond donors (Lipinski definition) is 1. The molecular weight excluding hydrogens is 228 g/mol. The minimum atomic E-state index is 0.134. The van der Waals surface area contributed by atoms with Crippen LogP contribution in [-0.2, 0) is 11.2 Å². The van der Waals surface area contributed by atoms with Gasteiger partial charge in [0, 0.05) is 25.6 Å². The van der Waals surface area contributed by atoms with Crippen LogP contribution in [0.2, 0.25) is 0 Å². The van der Waals surface area contributed by atoms with E-state index in [1.165, 1.54) is 0 Å². The van der Waals surface area contributed by atoms with E-state index in [-0.39, 0.29) is 11.9 Å². The zero-order chi connectivity index (χ0) is 13.5. The number of carbonyl (C=O) groups excluding carboxylic acids is 1. The predicted molar refractivity (Wildman–Crippen MR) is 72.4 cm³/mol. The lowest BCUT2D eigenvalue weighted by Gasteiger charge is -2.22. The summed E-state index contributed by atoms with van der Waals surface area (Å²) in [5.41, 5.74) is 0. The van der Waals surface area contributed by atoms with Gasteiger partial charge in [-0.15, -0.1) is 0 Å². The highest BCUT2D eigenvalue weighted by molar-refractivity contribution is 5.78. The van der Waals surface area contributed by atoms with Gasteiger partial charge in [-0.25, -0.2) is 0 Å². The molecule has 0 aliphatic carbocycles. The van der Waals surface area contributed by atoms with Crippen molar-refractivity contribution >= 4 is 5.91 Å². The van der Waals surface area contributed by atoms with Crippen LogP contribution in [0.4, 0.5) is 0 Å². The molecule has 0 fully saturated rings. The molecule has 0 aliphatic rings. The Balaban J connectivity index is 2.20. The highest BCUT2D eigenvalue weighted by Crippen LogP contribution is 2.05. The topological polar surface area (TPSA) is 45.5 Å². The standard InChI is InChI=1S/C14H24N2O2/c1-11(2)16(4)14(17)10-15-12(3)7-8-13-6-5-9-18-13/h5-6,9,11-12,15H,7-8,10H2,1-4H3. The summed E-state index contributed by atoms with van der Waals surface area (Å²) in [6.07, 6.45) is 3.55. The van der Waals surface area contributed by atoms with E-state index in [2.05, 4.69) is 12.2 Å². The van der Waals surface area contributed by atoms with Crippen LogP contribution in [-0.4, -0.2) is 36.5 Å². The zero-order valence-corrected chi connectivity index (χ0v) is 11.8. The van der Waals surface area contributed by atoms with Gasteiger partial charge in [0.25, 0.3) is 0 Å². The van der Waals surface area contributed by atoms with Crippen molar-refractivity contribution in [2.75, 3.05) is 13.6 Å². The zero-order valence-electron chi connectivity index (χ0n) is 11.8. The van der Waals surface area contributed by atoms with Gasteiger partial charge < -0.3 is 14.6 Å². The van der Waals surface area contributed by atoms with Crippen molar-refractivity contribution in [2.45, 2.75) is 45.7 Å². The van der Waals surface area contributed by atoms with Gasteiger partial charge in [-0.05, 0) is 39.3 Å². The van der Waals surface area contributed by atoms with Crippen molar-refractivity contribution < 1.29 is 9.21 Å². The van der Waals surface area contributed by atoms with E-state index in [0.29, 0.717) is 12.6 Å². The molecule has 4 heteroatoms. The molecule has 1 N–H and O–H groups in total. The monoisotopic (exact) mass is 252 g/mol. The molecule has 0 radical (unpaired) electrons. The van der Waals surface area contributed by atoms with Crippen molar-refractivity contribution in [3.8, 4) is 0 Å². The van der Waals surface area contributed by atoms with E-state index in [9.17, 15) is 4.79 Å². The highest BCUT2D eigenvalue weighted by atomic mass is 16.3. The largest absolute Gasteiger partial charge is 0.469 e. The molecule has 102 valence electrons. The van der Waals surface area contributed by atoms with E-state index in [1.54, 1.807) is 11.2 Å². The number of hydrogen-bond acceptors (Lipinski definition) is 3. The fraction of sp³-hybridized carbons (Fsp3) is 0.643. The Morgan fingerprint density at radius 1 is 1.44 bits per heavy atom. The molecule has 1 amide bonds. The quantitative estimate of drug-likeness (QED) is 0.808. The summed E-state index contributed by atoms with van der Waals surface area (Å²) in [6.45, 7) is 6.51. The molecule has 0 saturated carbocycles. The molecule has 1 heterocycles. The number of amides is 1. The third-order valence-corrected chi connectivity index (χ3v) is 3.17. The molecule has 0 saturated heterocycles. The molecule has 0 spiro atoms. The third kappa shape index (κ3) is 4.92. The summed E-state index contributed by atoms with van der Waals surface area (Å²) in [5, 5.41) is 3.25. The maximum atomic E-state index is 11.8. The van der Waals surface area contributed by atoms with Gasteiger partial charge in [-0.3, -0.25) is 4.79 Å². The van der Waals surface area contributed by atoms with Crippen molar-refractivity contribution in [1.29, 1.82) is 0 Å². The van der Waals surface area contributed by atoms with Crippen LogP contribution < -0.4 is 5.32 Å². The van der Waals surface area contributed by atoms with Gasteiger partial charge in [-0.2, -0.15) is 0 Å². The second-order valence-corrected chi connectivity index (χ2v) is 5.00. The van der Waals surface area contributed by atoms with Crippen LogP contribution >= 0.6 is 0 Å². The fourth-order valence-corrected chi connectivity index (χ4v) is 1.59. The maximum absolute atomic E-state index is 11.8. The first-order valence-electron chi connectivity index (χ1n) is 6.52. The first-order chi connectivity index (χ1) is 8.50. The van der Waals surface area contributed by atoms with Gasteiger partial charge in [0.15, 0.2) is 0 Å². The highest BCUT2D eigenvalue weighted by Gasteiger charge is 2.12. The number of carbonyl (C=O) groups is 1. The maximum Gasteiger partial charge on any atom is 0.236 e. The summed E-state index contributed by atoms with van der Waals surface area (Å²) >= 11 is 0. The summed E-state index contributed by atoms with van der Waals surface area (Å²) in [5.74, 6) is 1.13. The Hall–Kier alpha value is -1.29. The Morgan fingerprint density at radius 3 is 2.72 bits per heavy atom. The summed E-state index contributed by atoms with van der Waals surface area (Å²) < 4.78 is 5.28. The van der Waals surface area contributed by atoms with E-state index in [0.717, 1.165) is 18.6 Å². The Labute approximate surface area is 109 Å². The van der Waals surface area contributed by atoms with Gasteiger partial charge >= 0.3 is 0 Å². The lowest BCUT2D eigenvalue weighted by Crippen LogP contribution is -2.41. The molecule has 0 bridgehead atoms. The van der Waals surface area contributed by atoms with Crippen molar-refractivity contribution in [2.24, 2.45) is 0 Å². The molecular formula is C14H24N2O2. The van der Waals surface area contributed by atoms with Crippen molar-refractivity contribution in [1.82, 2.24) is 10.2 Å². The summed E-state index contributed by atoms with van der Waals surface area (Å²) in [6, 6.07) is 4.43. The summed E-state index contributed by atoms with van der Waals surface area (Å²) in [4.78, 5) is 13.5. The van der Waals surface area contributed by atoms with E-state index < -0.39 is 0 Å². The van der Waals surface area contributed by atoms with Crippen LogP contribution in [0.5, 0.6) is 0 Å². The van der Waals surface area contributed by atoms with E-state index in [1.807, 2.05) is 33.0 Å². The Kier molecular flexibility index (Phi) is 5.92. The van der Waals surface area contributed by atoms with Gasteiger partial charge in [-0.1, -0.05) is 0 Å². The number of rotatable bonds is 7. The van der Waals surface area contributed by atoms with E-state index in [4.69, 9.17) is 4.42 Å². The average Bonchev–Trinajstić information content (AvgIpc) is 2.85. The Bertz CT molecular complexity index is 347. The number of aryl methyl sites for hydroxylation is 1. The van der Waals surface area contributed by atoms with Crippen molar-refractivity contribution in [3.63, 3.8) is 0 Å². The van der Waals surface area contributed by atoms with Crippen LogP contribution in [0.25, 0.3) is 0 Å². The summed E-state index contributed by atoms with van der Waals surface area (Å²) in [7, 11) is 1.84. The minimum Gasteiger partial charge on any atom is -0.469 e. The van der Waals surface area contributed by atoms with Gasteiger partial charge in [0.2, 0.25) is 5.91 Å². The molecule has 18 heavy (non-hydrogen) atoms. The molecule has 0 aromatic carbocycles. The second-order valence-electron chi connectivity index (χ2n) is 5.00. The van der Waals surface area contributed by atoms with Crippen LogP contribution in [0.1, 0.15) is 33.0 Å². The lowest BCUT2D eigenvalue weighted by atomic mass is 10.1. The molecule has 1 rings (SSSR count). The number of furan rings is 1.